The van der Waals surface area contributed by atoms with E-state index in [1.54, 1.807) is 18.4 Å². The van der Waals surface area contributed by atoms with Crippen LogP contribution in [0.1, 0.15) is 44.3 Å². The van der Waals surface area contributed by atoms with Gasteiger partial charge >= 0.3 is 0 Å². The minimum absolute atomic E-state index is 0.195. The number of piperidine rings is 1. The Hall–Kier alpha value is -0.920. The first kappa shape index (κ1) is 16.5. The van der Waals surface area contributed by atoms with Crippen molar-refractivity contribution < 1.29 is 8.42 Å². The van der Waals surface area contributed by atoms with Crippen LogP contribution < -0.4 is 0 Å². The van der Waals surface area contributed by atoms with Gasteiger partial charge in [0.25, 0.3) is 10.2 Å². The van der Waals surface area contributed by atoms with Crippen molar-refractivity contribution in [3.8, 4) is 0 Å². The van der Waals surface area contributed by atoms with Gasteiger partial charge in [0.1, 0.15) is 5.82 Å². The maximum absolute atomic E-state index is 12.3. The van der Waals surface area contributed by atoms with Crippen LogP contribution in [0.2, 0.25) is 0 Å². The summed E-state index contributed by atoms with van der Waals surface area (Å²) in [6.07, 6.45) is 7.98. The van der Waals surface area contributed by atoms with Crippen molar-refractivity contribution in [2.45, 2.75) is 45.1 Å². The third-order valence-electron chi connectivity index (χ3n) is 4.04. The molecule has 0 aliphatic carbocycles. The van der Waals surface area contributed by atoms with Gasteiger partial charge in [0.2, 0.25) is 0 Å². The molecule has 1 fully saturated rings. The van der Waals surface area contributed by atoms with Gasteiger partial charge in [-0.15, -0.1) is 0 Å². The molecule has 120 valence electrons. The summed E-state index contributed by atoms with van der Waals surface area (Å²) in [7, 11) is -0.155. The third-order valence-corrected chi connectivity index (χ3v) is 5.94. The molecule has 6 nitrogen and oxygen atoms in total. The second kappa shape index (κ2) is 6.89. The summed E-state index contributed by atoms with van der Waals surface area (Å²) in [5.74, 6) is 1.22. The lowest BCUT2D eigenvalue weighted by atomic mass is 9.99. The molecule has 1 atom stereocenters. The highest BCUT2D eigenvalue weighted by Gasteiger charge is 2.32. The molecule has 1 aliphatic heterocycles. The van der Waals surface area contributed by atoms with Crippen LogP contribution in [0.5, 0.6) is 0 Å². The first-order valence-corrected chi connectivity index (χ1v) is 9.05. The molecule has 0 spiro atoms. The van der Waals surface area contributed by atoms with Crippen molar-refractivity contribution in [1.82, 2.24) is 18.2 Å². The van der Waals surface area contributed by atoms with E-state index >= 15 is 0 Å². The summed E-state index contributed by atoms with van der Waals surface area (Å²) in [5, 5.41) is 0. The Balaban J connectivity index is 2.13. The van der Waals surface area contributed by atoms with Crippen molar-refractivity contribution in [3.05, 3.63) is 18.2 Å². The maximum atomic E-state index is 12.3. The topological polar surface area (TPSA) is 58.4 Å². The Kier molecular flexibility index (Phi) is 5.40. The standard InChI is InChI=1S/C14H26N4O2S/c1-4-5-9-17-11-8-15-14(17)13-7-6-10-18(12-13)21(19,20)16(2)3/h8,11,13H,4-7,9-10,12H2,1-3H3/t13-/m1/s1. The van der Waals surface area contributed by atoms with Crippen LogP contribution in [0.3, 0.4) is 0 Å². The van der Waals surface area contributed by atoms with Crippen molar-refractivity contribution in [2.75, 3.05) is 27.2 Å². The Morgan fingerprint density at radius 3 is 2.86 bits per heavy atom. The second-order valence-electron chi connectivity index (χ2n) is 5.82. The van der Waals surface area contributed by atoms with E-state index in [0.29, 0.717) is 13.1 Å². The number of nitrogens with zero attached hydrogens (tertiary/aromatic N) is 4. The molecule has 1 saturated heterocycles. The zero-order chi connectivity index (χ0) is 15.5. The van der Waals surface area contributed by atoms with Crippen LogP contribution in [-0.2, 0) is 16.8 Å². The van der Waals surface area contributed by atoms with Crippen LogP contribution in [0.15, 0.2) is 12.4 Å². The van der Waals surface area contributed by atoms with Crippen LogP contribution >= 0.6 is 0 Å². The van der Waals surface area contributed by atoms with Gasteiger partial charge in [0, 0.05) is 52.0 Å². The predicted molar refractivity (Wildman–Crippen MR) is 83.3 cm³/mol. The minimum Gasteiger partial charge on any atom is -0.335 e. The summed E-state index contributed by atoms with van der Waals surface area (Å²) in [6.45, 7) is 4.27. The largest absolute Gasteiger partial charge is 0.335 e. The molecule has 0 amide bonds. The Morgan fingerprint density at radius 2 is 2.19 bits per heavy atom. The molecule has 0 radical (unpaired) electrons. The number of rotatable bonds is 6. The number of aromatic nitrogens is 2. The monoisotopic (exact) mass is 314 g/mol. The Labute approximate surface area is 127 Å². The second-order valence-corrected chi connectivity index (χ2v) is 7.96. The van der Waals surface area contributed by atoms with Crippen LogP contribution in [0, 0.1) is 0 Å². The van der Waals surface area contributed by atoms with Gasteiger partial charge < -0.3 is 4.57 Å². The quantitative estimate of drug-likeness (QED) is 0.802. The van der Waals surface area contributed by atoms with Crippen LogP contribution in [0.25, 0.3) is 0 Å². The molecule has 1 aromatic rings. The van der Waals surface area contributed by atoms with E-state index in [0.717, 1.165) is 38.1 Å². The highest BCUT2D eigenvalue weighted by Crippen LogP contribution is 2.28. The van der Waals surface area contributed by atoms with Gasteiger partial charge in [-0.25, -0.2) is 4.98 Å². The van der Waals surface area contributed by atoms with Gasteiger partial charge in [0.15, 0.2) is 0 Å². The smallest absolute Gasteiger partial charge is 0.281 e. The fourth-order valence-electron chi connectivity index (χ4n) is 2.79. The molecule has 0 unspecified atom stereocenters. The molecule has 21 heavy (non-hydrogen) atoms. The summed E-state index contributed by atoms with van der Waals surface area (Å²) in [5.41, 5.74) is 0. The van der Waals surface area contributed by atoms with E-state index < -0.39 is 10.2 Å². The number of aryl methyl sites for hydroxylation is 1. The van der Waals surface area contributed by atoms with E-state index in [2.05, 4.69) is 16.5 Å². The molecule has 1 aromatic heterocycles. The van der Waals surface area contributed by atoms with Gasteiger partial charge in [-0.3, -0.25) is 0 Å². The van der Waals surface area contributed by atoms with E-state index in [-0.39, 0.29) is 5.92 Å². The molecular formula is C14H26N4O2S. The fourth-order valence-corrected chi connectivity index (χ4v) is 3.98. The van der Waals surface area contributed by atoms with E-state index in [9.17, 15) is 8.42 Å². The van der Waals surface area contributed by atoms with Crippen LogP contribution in [-0.4, -0.2) is 53.8 Å². The zero-order valence-electron chi connectivity index (χ0n) is 13.2. The van der Waals surface area contributed by atoms with E-state index in [1.165, 1.54) is 4.31 Å². The summed E-state index contributed by atoms with van der Waals surface area (Å²) in [6, 6.07) is 0. The molecule has 0 saturated carbocycles. The SMILES string of the molecule is CCCCn1ccnc1[C@@H]1CCCN(S(=O)(=O)N(C)C)C1. The minimum atomic E-state index is -3.32. The number of hydrogen-bond donors (Lipinski definition) is 0. The molecule has 2 heterocycles. The van der Waals surface area contributed by atoms with Crippen LogP contribution in [0.4, 0.5) is 0 Å². The fraction of sp³-hybridized carbons (Fsp3) is 0.786. The molecule has 2 rings (SSSR count). The maximum Gasteiger partial charge on any atom is 0.281 e. The lowest BCUT2D eigenvalue weighted by Gasteiger charge is -2.33. The van der Waals surface area contributed by atoms with Gasteiger partial charge in [-0.05, 0) is 19.3 Å². The average molecular weight is 314 g/mol. The predicted octanol–water partition coefficient (Wildman–Crippen LogP) is 1.67. The van der Waals surface area contributed by atoms with Crippen molar-refractivity contribution >= 4 is 10.2 Å². The lowest BCUT2D eigenvalue weighted by Crippen LogP contribution is -2.45. The molecular weight excluding hydrogens is 288 g/mol. The van der Waals surface area contributed by atoms with Gasteiger partial charge in [0.05, 0.1) is 0 Å². The molecule has 1 aliphatic rings. The molecule has 0 N–H and O–H groups in total. The first-order valence-electron chi connectivity index (χ1n) is 7.65. The highest BCUT2D eigenvalue weighted by atomic mass is 32.2. The van der Waals surface area contributed by atoms with E-state index in [1.807, 2.05) is 12.4 Å². The lowest BCUT2D eigenvalue weighted by molar-refractivity contribution is 0.289. The highest BCUT2D eigenvalue weighted by molar-refractivity contribution is 7.86. The summed E-state index contributed by atoms with van der Waals surface area (Å²) >= 11 is 0. The average Bonchev–Trinajstić information content (AvgIpc) is 2.93. The van der Waals surface area contributed by atoms with E-state index in [4.69, 9.17) is 0 Å². The first-order chi connectivity index (χ1) is 9.96. The third kappa shape index (κ3) is 3.64. The van der Waals surface area contributed by atoms with Crippen molar-refractivity contribution in [1.29, 1.82) is 0 Å². The van der Waals surface area contributed by atoms with Crippen molar-refractivity contribution in [3.63, 3.8) is 0 Å². The normalized spacial score (nSPS) is 21.0. The Bertz CT molecular complexity index is 553. The van der Waals surface area contributed by atoms with Crippen molar-refractivity contribution in [2.24, 2.45) is 0 Å². The number of unbranched alkanes of at least 4 members (excludes halogenated alkanes) is 1. The van der Waals surface area contributed by atoms with Gasteiger partial charge in [-0.2, -0.15) is 17.0 Å². The van der Waals surface area contributed by atoms with Gasteiger partial charge in [-0.1, -0.05) is 13.3 Å². The summed E-state index contributed by atoms with van der Waals surface area (Å²) < 4.78 is 29.6. The molecule has 0 bridgehead atoms. The molecule has 7 heteroatoms. The summed E-state index contributed by atoms with van der Waals surface area (Å²) in [4.78, 5) is 4.48. The number of imidazole rings is 1. The number of hydrogen-bond acceptors (Lipinski definition) is 3. The zero-order valence-corrected chi connectivity index (χ0v) is 14.0. The Morgan fingerprint density at radius 1 is 1.43 bits per heavy atom. The molecule has 0 aromatic carbocycles.